The Balaban J connectivity index is 2.61. The molecule has 6 nitrogen and oxygen atoms in total. The smallest absolute Gasteiger partial charge is 0.234 e. The van der Waals surface area contributed by atoms with Crippen LogP contribution in [0.3, 0.4) is 0 Å². The molecule has 0 saturated carbocycles. The Kier molecular flexibility index (Phi) is 7.56. The van der Waals surface area contributed by atoms with Crippen molar-refractivity contribution in [1.29, 1.82) is 0 Å². The summed E-state index contributed by atoms with van der Waals surface area (Å²) in [5.74, 6) is 0. The molecule has 0 aliphatic carbocycles. The summed E-state index contributed by atoms with van der Waals surface area (Å²) in [6.45, 7) is 1.95. The normalized spacial score (nSPS) is 15.8. The lowest BCUT2D eigenvalue weighted by atomic mass is 10.1. The second kappa shape index (κ2) is 9.20. The average Bonchev–Trinajstić information content (AvgIpc) is 2.50. The fourth-order valence-electron chi connectivity index (χ4n) is 1.95. The number of rotatable bonds is 9. The molecule has 0 N–H and O–H groups in total. The SMILES string of the molecule is COC(C)C(CC(CN=Cc1ccccc1)[N+](=O)[O-])OC. The molecule has 0 saturated heterocycles. The van der Waals surface area contributed by atoms with Crippen LogP contribution in [0.2, 0.25) is 0 Å². The molecule has 1 aromatic rings. The molecule has 0 radical (unpaired) electrons. The van der Waals surface area contributed by atoms with E-state index in [1.165, 1.54) is 7.11 Å². The molecule has 3 atom stereocenters. The highest BCUT2D eigenvalue weighted by Crippen LogP contribution is 2.12. The molecule has 0 amide bonds. The molecule has 1 rings (SSSR count). The van der Waals surface area contributed by atoms with Gasteiger partial charge in [0.2, 0.25) is 6.04 Å². The summed E-state index contributed by atoms with van der Waals surface area (Å²) in [6, 6.07) is 8.71. The third-order valence-corrected chi connectivity index (χ3v) is 3.36. The van der Waals surface area contributed by atoms with Gasteiger partial charge in [0.15, 0.2) is 0 Å². The van der Waals surface area contributed by atoms with Gasteiger partial charge >= 0.3 is 0 Å². The molecule has 3 unspecified atom stereocenters. The summed E-state index contributed by atoms with van der Waals surface area (Å²) in [6.07, 6.45) is 1.40. The zero-order valence-electron chi connectivity index (χ0n) is 12.6. The molecule has 0 aliphatic heterocycles. The van der Waals surface area contributed by atoms with Crippen molar-refractivity contribution >= 4 is 6.21 Å². The zero-order valence-corrected chi connectivity index (χ0v) is 12.6. The second-order valence-corrected chi connectivity index (χ2v) is 4.79. The Morgan fingerprint density at radius 2 is 1.95 bits per heavy atom. The Morgan fingerprint density at radius 1 is 1.29 bits per heavy atom. The molecule has 1 aromatic carbocycles. The summed E-state index contributed by atoms with van der Waals surface area (Å²) in [4.78, 5) is 15.0. The van der Waals surface area contributed by atoms with Crippen molar-refractivity contribution in [3.63, 3.8) is 0 Å². The van der Waals surface area contributed by atoms with Crippen molar-refractivity contribution in [1.82, 2.24) is 0 Å². The lowest BCUT2D eigenvalue weighted by Gasteiger charge is -2.22. The van der Waals surface area contributed by atoms with Crippen LogP contribution < -0.4 is 0 Å². The molecule has 0 fully saturated rings. The lowest BCUT2D eigenvalue weighted by Crippen LogP contribution is -2.35. The molecule has 6 heteroatoms. The Hall–Kier alpha value is -1.79. The summed E-state index contributed by atoms with van der Waals surface area (Å²) in [7, 11) is 3.09. The topological polar surface area (TPSA) is 74.0 Å². The summed E-state index contributed by atoms with van der Waals surface area (Å²) in [5.41, 5.74) is 0.924. The van der Waals surface area contributed by atoms with Crippen LogP contribution in [0.5, 0.6) is 0 Å². The summed E-state index contributed by atoms with van der Waals surface area (Å²) < 4.78 is 10.4. The highest BCUT2D eigenvalue weighted by atomic mass is 16.6. The van der Waals surface area contributed by atoms with E-state index in [9.17, 15) is 10.1 Å². The quantitative estimate of drug-likeness (QED) is 0.397. The highest BCUT2D eigenvalue weighted by Gasteiger charge is 2.28. The van der Waals surface area contributed by atoms with Gasteiger partial charge in [-0.25, -0.2) is 0 Å². The fraction of sp³-hybridized carbons (Fsp3) is 0.533. The van der Waals surface area contributed by atoms with Gasteiger partial charge in [0.05, 0.1) is 12.2 Å². The van der Waals surface area contributed by atoms with Crippen molar-refractivity contribution in [3.8, 4) is 0 Å². The average molecular weight is 294 g/mol. The summed E-state index contributed by atoms with van der Waals surface area (Å²) in [5, 5.41) is 11.1. The van der Waals surface area contributed by atoms with Gasteiger partial charge in [0.1, 0.15) is 6.54 Å². The van der Waals surface area contributed by atoms with Gasteiger partial charge in [-0.2, -0.15) is 0 Å². The Bertz CT molecular complexity index is 450. The minimum atomic E-state index is -0.785. The maximum atomic E-state index is 11.1. The fourth-order valence-corrected chi connectivity index (χ4v) is 1.95. The van der Waals surface area contributed by atoms with Crippen molar-refractivity contribution in [2.24, 2.45) is 4.99 Å². The maximum absolute atomic E-state index is 11.1. The third kappa shape index (κ3) is 6.01. The minimum Gasteiger partial charge on any atom is -0.379 e. The standard InChI is InChI=1S/C15H22N2O4/c1-12(20-2)15(21-3)9-14(17(18)19)11-16-10-13-7-5-4-6-8-13/h4-8,10,12,14-15H,9,11H2,1-3H3. The van der Waals surface area contributed by atoms with Gasteiger partial charge in [-0.15, -0.1) is 0 Å². The van der Waals surface area contributed by atoms with E-state index >= 15 is 0 Å². The van der Waals surface area contributed by atoms with E-state index in [1.807, 2.05) is 37.3 Å². The van der Waals surface area contributed by atoms with Crippen LogP contribution in [0.25, 0.3) is 0 Å². The van der Waals surface area contributed by atoms with E-state index in [0.717, 1.165) is 5.56 Å². The van der Waals surface area contributed by atoms with Crippen LogP contribution >= 0.6 is 0 Å². The molecular weight excluding hydrogens is 272 g/mol. The monoisotopic (exact) mass is 294 g/mol. The van der Waals surface area contributed by atoms with Gasteiger partial charge in [0, 0.05) is 31.8 Å². The van der Waals surface area contributed by atoms with Crippen molar-refractivity contribution in [2.75, 3.05) is 20.8 Å². The zero-order chi connectivity index (χ0) is 15.7. The Labute approximate surface area is 124 Å². The molecule has 0 bridgehead atoms. The van der Waals surface area contributed by atoms with Gasteiger partial charge in [0.25, 0.3) is 0 Å². The molecule has 0 heterocycles. The van der Waals surface area contributed by atoms with E-state index in [4.69, 9.17) is 9.47 Å². The van der Waals surface area contributed by atoms with Crippen LogP contribution in [-0.4, -0.2) is 50.2 Å². The molecule has 0 aromatic heterocycles. The molecule has 21 heavy (non-hydrogen) atoms. The predicted molar refractivity (Wildman–Crippen MR) is 81.6 cm³/mol. The van der Waals surface area contributed by atoms with Crippen molar-refractivity contribution in [3.05, 3.63) is 46.0 Å². The van der Waals surface area contributed by atoms with E-state index in [0.29, 0.717) is 0 Å². The molecule has 116 valence electrons. The van der Waals surface area contributed by atoms with E-state index in [-0.39, 0.29) is 30.1 Å². The number of ether oxygens (including phenoxy) is 2. The van der Waals surface area contributed by atoms with Crippen LogP contribution in [0.15, 0.2) is 35.3 Å². The van der Waals surface area contributed by atoms with Crippen molar-refractivity contribution in [2.45, 2.75) is 31.6 Å². The molecule has 0 aliphatic rings. The molecular formula is C15H22N2O4. The van der Waals surface area contributed by atoms with Crippen LogP contribution in [0, 0.1) is 10.1 Å². The predicted octanol–water partition coefficient (Wildman–Crippen LogP) is 2.19. The maximum Gasteiger partial charge on any atom is 0.234 e. The van der Waals surface area contributed by atoms with Gasteiger partial charge in [-0.3, -0.25) is 15.1 Å². The van der Waals surface area contributed by atoms with Gasteiger partial charge < -0.3 is 9.47 Å². The van der Waals surface area contributed by atoms with Gasteiger partial charge in [-0.05, 0) is 12.5 Å². The highest BCUT2D eigenvalue weighted by molar-refractivity contribution is 5.79. The van der Waals surface area contributed by atoms with E-state index in [2.05, 4.69) is 4.99 Å². The first-order valence-corrected chi connectivity index (χ1v) is 6.82. The first kappa shape index (κ1) is 17.3. The van der Waals surface area contributed by atoms with Crippen LogP contribution in [0.1, 0.15) is 18.9 Å². The van der Waals surface area contributed by atoms with E-state index in [1.54, 1.807) is 13.3 Å². The first-order chi connectivity index (χ1) is 10.1. The van der Waals surface area contributed by atoms with Crippen LogP contribution in [0.4, 0.5) is 0 Å². The number of methoxy groups -OCH3 is 2. The summed E-state index contributed by atoms with van der Waals surface area (Å²) >= 11 is 0. The largest absolute Gasteiger partial charge is 0.379 e. The number of hydrogen-bond acceptors (Lipinski definition) is 5. The number of aliphatic imine (C=N–C) groups is 1. The minimum absolute atomic E-state index is 0.123. The number of nitrogens with zero attached hydrogens (tertiary/aromatic N) is 2. The number of benzene rings is 1. The van der Waals surface area contributed by atoms with E-state index < -0.39 is 6.04 Å². The number of hydrogen-bond donors (Lipinski definition) is 0. The lowest BCUT2D eigenvalue weighted by molar-refractivity contribution is -0.522. The van der Waals surface area contributed by atoms with Crippen LogP contribution in [-0.2, 0) is 9.47 Å². The van der Waals surface area contributed by atoms with Crippen molar-refractivity contribution < 1.29 is 14.4 Å². The van der Waals surface area contributed by atoms with Gasteiger partial charge in [-0.1, -0.05) is 30.3 Å². The first-order valence-electron chi connectivity index (χ1n) is 6.82. The second-order valence-electron chi connectivity index (χ2n) is 4.79. The molecule has 0 spiro atoms. The Morgan fingerprint density at radius 3 is 2.48 bits per heavy atom. The third-order valence-electron chi connectivity index (χ3n) is 3.36. The number of nitro groups is 1.